The van der Waals surface area contributed by atoms with E-state index in [1.807, 2.05) is 11.8 Å². The minimum Gasteiger partial charge on any atom is -0.369 e. The average molecular weight is 310 g/mol. The molecule has 20 heavy (non-hydrogen) atoms. The topological polar surface area (TPSA) is 49.8 Å². The van der Waals surface area contributed by atoms with E-state index in [1.54, 1.807) is 11.3 Å². The summed E-state index contributed by atoms with van der Waals surface area (Å²) in [6, 6.07) is 2.16. The molecule has 0 bridgehead atoms. The van der Waals surface area contributed by atoms with Crippen molar-refractivity contribution in [3.8, 4) is 0 Å². The highest BCUT2D eigenvalue weighted by atomic mass is 32.2. The zero-order valence-electron chi connectivity index (χ0n) is 12.5. The van der Waals surface area contributed by atoms with Gasteiger partial charge < -0.3 is 10.6 Å². The van der Waals surface area contributed by atoms with Crippen LogP contribution < -0.4 is 10.6 Å². The Bertz CT molecular complexity index is 568. The Morgan fingerprint density at radius 3 is 2.85 bits per heavy atom. The summed E-state index contributed by atoms with van der Waals surface area (Å²) in [4.78, 5) is 11.5. The average Bonchev–Trinajstić information content (AvgIpc) is 2.79. The monoisotopic (exact) mass is 310 g/mol. The van der Waals surface area contributed by atoms with Crippen LogP contribution in [0.3, 0.4) is 0 Å². The SMILES string of the molecule is CCNc1nc(NCCC(C)SC)c2cc(C)sc2n1. The van der Waals surface area contributed by atoms with E-state index in [9.17, 15) is 0 Å². The molecule has 2 aromatic heterocycles. The van der Waals surface area contributed by atoms with Gasteiger partial charge in [0.15, 0.2) is 0 Å². The highest BCUT2D eigenvalue weighted by Crippen LogP contribution is 2.29. The number of aryl methyl sites for hydroxylation is 1. The zero-order chi connectivity index (χ0) is 14.5. The van der Waals surface area contributed by atoms with E-state index >= 15 is 0 Å². The molecule has 0 radical (unpaired) electrons. The summed E-state index contributed by atoms with van der Waals surface area (Å²) in [5.74, 6) is 1.66. The molecule has 2 N–H and O–H groups in total. The van der Waals surface area contributed by atoms with Crippen LogP contribution >= 0.6 is 23.1 Å². The molecule has 110 valence electrons. The van der Waals surface area contributed by atoms with Gasteiger partial charge in [-0.2, -0.15) is 16.7 Å². The second kappa shape index (κ2) is 7.13. The van der Waals surface area contributed by atoms with Gasteiger partial charge in [0, 0.05) is 23.2 Å². The second-order valence-corrected chi connectivity index (χ2v) is 7.27. The smallest absolute Gasteiger partial charge is 0.226 e. The van der Waals surface area contributed by atoms with Crippen LogP contribution in [0.5, 0.6) is 0 Å². The predicted octanol–water partition coefficient (Wildman–Crippen LogP) is 3.99. The Morgan fingerprint density at radius 2 is 2.15 bits per heavy atom. The summed E-state index contributed by atoms with van der Waals surface area (Å²) in [5.41, 5.74) is 0. The van der Waals surface area contributed by atoms with Crippen molar-refractivity contribution in [1.82, 2.24) is 9.97 Å². The van der Waals surface area contributed by atoms with Crippen molar-refractivity contribution in [2.45, 2.75) is 32.4 Å². The van der Waals surface area contributed by atoms with Gasteiger partial charge in [0.1, 0.15) is 10.6 Å². The molecule has 4 nitrogen and oxygen atoms in total. The van der Waals surface area contributed by atoms with Crippen molar-refractivity contribution < 1.29 is 0 Å². The predicted molar refractivity (Wildman–Crippen MR) is 92.4 cm³/mol. The number of thiophene rings is 1. The Hall–Kier alpha value is -1.01. The fourth-order valence-electron chi connectivity index (χ4n) is 1.93. The van der Waals surface area contributed by atoms with Crippen LogP contribution in [0.1, 0.15) is 25.1 Å². The minimum absolute atomic E-state index is 0.664. The van der Waals surface area contributed by atoms with Gasteiger partial charge in [0.05, 0.1) is 5.39 Å². The molecule has 1 atom stereocenters. The summed E-state index contributed by atoms with van der Waals surface area (Å²) in [6.07, 6.45) is 3.28. The van der Waals surface area contributed by atoms with Crippen molar-refractivity contribution in [2.75, 3.05) is 30.0 Å². The van der Waals surface area contributed by atoms with Crippen LogP contribution in [0.25, 0.3) is 10.2 Å². The Labute approximate surface area is 128 Å². The molecule has 0 aliphatic heterocycles. The van der Waals surface area contributed by atoms with Crippen molar-refractivity contribution in [2.24, 2.45) is 0 Å². The summed E-state index contributed by atoms with van der Waals surface area (Å²) in [5, 5.41) is 8.46. The lowest BCUT2D eigenvalue weighted by atomic mass is 10.3. The first-order valence-electron chi connectivity index (χ1n) is 6.92. The minimum atomic E-state index is 0.664. The molecule has 2 heterocycles. The molecular formula is C14H22N4S2. The van der Waals surface area contributed by atoms with E-state index in [-0.39, 0.29) is 0 Å². The van der Waals surface area contributed by atoms with Gasteiger partial charge in [0.2, 0.25) is 5.95 Å². The highest BCUT2D eigenvalue weighted by molar-refractivity contribution is 7.99. The van der Waals surface area contributed by atoms with Crippen LogP contribution in [0.15, 0.2) is 6.07 Å². The van der Waals surface area contributed by atoms with Crippen LogP contribution in [-0.2, 0) is 0 Å². The Morgan fingerprint density at radius 1 is 1.35 bits per heavy atom. The van der Waals surface area contributed by atoms with E-state index in [2.05, 4.69) is 53.7 Å². The Balaban J connectivity index is 2.20. The Kier molecular flexibility index (Phi) is 5.48. The van der Waals surface area contributed by atoms with Gasteiger partial charge in [0.25, 0.3) is 0 Å². The molecule has 0 spiro atoms. The van der Waals surface area contributed by atoms with E-state index < -0.39 is 0 Å². The largest absolute Gasteiger partial charge is 0.369 e. The number of fused-ring (bicyclic) bond motifs is 1. The maximum atomic E-state index is 4.59. The molecule has 0 saturated carbocycles. The quantitative estimate of drug-likeness (QED) is 0.810. The molecule has 2 aromatic rings. The van der Waals surface area contributed by atoms with Gasteiger partial charge in [-0.3, -0.25) is 0 Å². The van der Waals surface area contributed by atoms with Gasteiger partial charge in [-0.25, -0.2) is 4.98 Å². The molecule has 0 saturated heterocycles. The standard InChI is InChI=1S/C14H22N4S2/c1-5-15-14-17-12(16-7-6-9(2)19-4)11-8-10(3)20-13(11)18-14/h8-9H,5-7H2,1-4H3,(H2,15,16,17,18). The number of hydrogen-bond acceptors (Lipinski definition) is 6. The number of aromatic nitrogens is 2. The second-order valence-electron chi connectivity index (χ2n) is 4.76. The summed E-state index contributed by atoms with van der Waals surface area (Å²) in [6.45, 7) is 8.19. The van der Waals surface area contributed by atoms with Crippen molar-refractivity contribution in [3.63, 3.8) is 0 Å². The number of hydrogen-bond donors (Lipinski definition) is 2. The summed E-state index contributed by atoms with van der Waals surface area (Å²) < 4.78 is 0. The molecule has 0 aliphatic carbocycles. The van der Waals surface area contributed by atoms with Gasteiger partial charge >= 0.3 is 0 Å². The molecule has 1 unspecified atom stereocenters. The normalized spacial score (nSPS) is 12.6. The lowest BCUT2D eigenvalue weighted by molar-refractivity contribution is 0.850. The summed E-state index contributed by atoms with van der Waals surface area (Å²) >= 11 is 3.61. The van der Waals surface area contributed by atoms with Crippen LogP contribution in [0.2, 0.25) is 0 Å². The highest BCUT2D eigenvalue weighted by Gasteiger charge is 2.10. The molecule has 0 aliphatic rings. The number of anilines is 2. The fraction of sp³-hybridized carbons (Fsp3) is 0.571. The van der Waals surface area contributed by atoms with Crippen LogP contribution in [0.4, 0.5) is 11.8 Å². The molecule has 0 aromatic carbocycles. The first-order chi connectivity index (χ1) is 9.63. The maximum Gasteiger partial charge on any atom is 0.226 e. The number of rotatable bonds is 7. The van der Waals surface area contributed by atoms with E-state index in [1.165, 1.54) is 4.88 Å². The number of nitrogens with one attached hydrogen (secondary N) is 2. The van der Waals surface area contributed by atoms with Gasteiger partial charge in [-0.1, -0.05) is 6.92 Å². The third-order valence-electron chi connectivity index (χ3n) is 3.10. The third kappa shape index (κ3) is 3.76. The van der Waals surface area contributed by atoms with Gasteiger partial charge in [-0.15, -0.1) is 11.3 Å². The zero-order valence-corrected chi connectivity index (χ0v) is 14.1. The molecule has 0 amide bonds. The number of thioether (sulfide) groups is 1. The molecular weight excluding hydrogens is 288 g/mol. The van der Waals surface area contributed by atoms with Gasteiger partial charge in [-0.05, 0) is 32.6 Å². The van der Waals surface area contributed by atoms with Crippen molar-refractivity contribution in [3.05, 3.63) is 10.9 Å². The first kappa shape index (κ1) is 15.4. The van der Waals surface area contributed by atoms with E-state index in [0.29, 0.717) is 11.2 Å². The van der Waals surface area contributed by atoms with E-state index in [4.69, 9.17) is 0 Å². The van der Waals surface area contributed by atoms with Crippen LogP contribution in [-0.4, -0.2) is 34.6 Å². The lowest BCUT2D eigenvalue weighted by Crippen LogP contribution is -2.10. The maximum absolute atomic E-state index is 4.59. The van der Waals surface area contributed by atoms with Crippen LogP contribution in [0, 0.1) is 6.92 Å². The van der Waals surface area contributed by atoms with E-state index in [0.717, 1.165) is 35.5 Å². The molecule has 2 rings (SSSR count). The first-order valence-corrected chi connectivity index (χ1v) is 9.03. The molecule has 6 heteroatoms. The molecule has 0 fully saturated rings. The number of nitrogens with zero attached hydrogens (tertiary/aromatic N) is 2. The van der Waals surface area contributed by atoms with Crippen molar-refractivity contribution >= 4 is 45.1 Å². The van der Waals surface area contributed by atoms with Crippen molar-refractivity contribution in [1.29, 1.82) is 0 Å². The third-order valence-corrected chi connectivity index (χ3v) is 5.08. The lowest BCUT2D eigenvalue weighted by Gasteiger charge is -2.11. The summed E-state index contributed by atoms with van der Waals surface area (Å²) in [7, 11) is 0. The fourth-order valence-corrected chi connectivity index (χ4v) is 3.16.